The molecule has 5 N–H and O–H groups in total. The Bertz CT molecular complexity index is 1020. The first-order chi connectivity index (χ1) is 18.2. The van der Waals surface area contributed by atoms with Crippen LogP contribution in [-0.4, -0.2) is 71.1 Å². The lowest BCUT2D eigenvalue weighted by Gasteiger charge is -2.34. The maximum Gasteiger partial charge on any atom is 0.408 e. The average Bonchev–Trinajstić information content (AvgIpc) is 2.81. The van der Waals surface area contributed by atoms with Gasteiger partial charge in [-0.25, -0.2) is 4.79 Å². The Kier molecular flexibility index (Phi) is 13.2. The Morgan fingerprint density at radius 3 is 2.36 bits per heavy atom. The first kappa shape index (κ1) is 33.2. The number of ether oxygens (including phenoxy) is 2. The van der Waals surface area contributed by atoms with Crippen LogP contribution in [0.1, 0.15) is 77.5 Å². The molecular weight excluding hydrogens is 508 g/mol. The van der Waals surface area contributed by atoms with E-state index in [9.17, 15) is 29.1 Å². The van der Waals surface area contributed by atoms with Gasteiger partial charge in [0, 0.05) is 18.7 Å². The molecule has 0 heterocycles. The number of nitrogens with one attached hydrogen (secondary N) is 2. The molecule has 1 aromatic carbocycles. The molecule has 218 valence electrons. The van der Waals surface area contributed by atoms with E-state index in [-0.39, 0.29) is 37.4 Å². The van der Waals surface area contributed by atoms with Gasteiger partial charge in [-0.05, 0) is 46.6 Å². The van der Waals surface area contributed by atoms with E-state index in [1.165, 1.54) is 11.0 Å². The third kappa shape index (κ3) is 11.2. The van der Waals surface area contributed by atoms with E-state index in [1.54, 1.807) is 46.8 Å². The molecule has 0 bridgehead atoms. The number of primary amides is 1. The van der Waals surface area contributed by atoms with Gasteiger partial charge in [0.1, 0.15) is 23.4 Å². The Morgan fingerprint density at radius 1 is 1.13 bits per heavy atom. The van der Waals surface area contributed by atoms with E-state index in [0.29, 0.717) is 18.4 Å². The van der Waals surface area contributed by atoms with Crippen LogP contribution in [0.15, 0.2) is 18.2 Å². The van der Waals surface area contributed by atoms with Crippen LogP contribution in [0.5, 0.6) is 5.75 Å². The van der Waals surface area contributed by atoms with Gasteiger partial charge in [-0.3, -0.25) is 19.2 Å². The first-order valence-corrected chi connectivity index (χ1v) is 13.0. The number of rotatable bonds is 14. The van der Waals surface area contributed by atoms with Crippen molar-refractivity contribution in [1.82, 2.24) is 15.5 Å². The van der Waals surface area contributed by atoms with E-state index in [2.05, 4.69) is 10.6 Å². The molecule has 2 unspecified atom stereocenters. The average molecular weight is 551 g/mol. The van der Waals surface area contributed by atoms with Crippen molar-refractivity contribution in [3.8, 4) is 5.75 Å². The Labute approximate surface area is 229 Å². The van der Waals surface area contributed by atoms with Crippen LogP contribution in [0.3, 0.4) is 0 Å². The molecule has 1 aromatic rings. The van der Waals surface area contributed by atoms with Gasteiger partial charge in [-0.2, -0.15) is 0 Å². The van der Waals surface area contributed by atoms with E-state index in [0.717, 1.165) is 0 Å². The summed E-state index contributed by atoms with van der Waals surface area (Å²) in [6.45, 7) is 10.3. The Hall–Kier alpha value is -3.83. The van der Waals surface area contributed by atoms with E-state index in [1.807, 2.05) is 6.92 Å². The van der Waals surface area contributed by atoms with Gasteiger partial charge < -0.3 is 35.8 Å². The standard InChI is InChI=1S/C27H42N4O8/c1-7-9-15-31(25(36)19(16-20(28)32)30-26(37)39-27(4,5)6)22(18-12-10-11-17(3)23(18)34)24(35)29-14-13-21(33)38-8-2/h10-12,19,22,34H,7-9,13-16H2,1-6H3,(H2,28,32)(H,29,35)(H,30,37). The van der Waals surface area contributed by atoms with Gasteiger partial charge in [0.2, 0.25) is 17.7 Å². The summed E-state index contributed by atoms with van der Waals surface area (Å²) in [6.07, 6.45) is -0.454. The van der Waals surface area contributed by atoms with Crippen molar-refractivity contribution in [3.63, 3.8) is 0 Å². The molecular formula is C27H42N4O8. The lowest BCUT2D eigenvalue weighted by molar-refractivity contribution is -0.144. The number of aromatic hydroxyl groups is 1. The predicted molar refractivity (Wildman–Crippen MR) is 143 cm³/mol. The van der Waals surface area contributed by atoms with Crippen molar-refractivity contribution < 1.29 is 38.6 Å². The third-order valence-corrected chi connectivity index (χ3v) is 5.49. The topological polar surface area (TPSA) is 177 Å². The molecule has 0 saturated carbocycles. The largest absolute Gasteiger partial charge is 0.507 e. The van der Waals surface area contributed by atoms with Gasteiger partial charge >= 0.3 is 12.1 Å². The number of carbonyl (C=O) groups excluding carboxylic acids is 5. The number of phenolic OH excluding ortho intramolecular Hbond substituents is 1. The number of carbonyl (C=O) groups is 5. The summed E-state index contributed by atoms with van der Waals surface area (Å²) in [7, 11) is 0. The van der Waals surface area contributed by atoms with E-state index < -0.39 is 53.9 Å². The maximum atomic E-state index is 13.9. The molecule has 39 heavy (non-hydrogen) atoms. The maximum absolute atomic E-state index is 13.9. The van der Waals surface area contributed by atoms with Crippen molar-refractivity contribution in [3.05, 3.63) is 29.3 Å². The fourth-order valence-electron chi connectivity index (χ4n) is 3.72. The number of alkyl carbamates (subject to hydrolysis) is 1. The monoisotopic (exact) mass is 550 g/mol. The summed E-state index contributed by atoms with van der Waals surface area (Å²) in [4.78, 5) is 64.7. The highest BCUT2D eigenvalue weighted by atomic mass is 16.6. The van der Waals surface area contributed by atoms with Gasteiger partial charge in [0.25, 0.3) is 0 Å². The van der Waals surface area contributed by atoms with Crippen LogP contribution in [0.2, 0.25) is 0 Å². The highest BCUT2D eigenvalue weighted by Gasteiger charge is 2.38. The van der Waals surface area contributed by atoms with E-state index in [4.69, 9.17) is 15.2 Å². The summed E-state index contributed by atoms with van der Waals surface area (Å²) in [5.41, 5.74) is 5.12. The molecule has 2 atom stereocenters. The van der Waals surface area contributed by atoms with Crippen molar-refractivity contribution in [2.45, 2.75) is 84.9 Å². The predicted octanol–water partition coefficient (Wildman–Crippen LogP) is 2.21. The summed E-state index contributed by atoms with van der Waals surface area (Å²) in [5, 5.41) is 15.9. The second-order valence-electron chi connectivity index (χ2n) is 10.0. The lowest BCUT2D eigenvalue weighted by Crippen LogP contribution is -2.54. The van der Waals surface area contributed by atoms with Crippen molar-refractivity contribution in [2.24, 2.45) is 5.73 Å². The smallest absolute Gasteiger partial charge is 0.408 e. The number of nitrogens with zero attached hydrogens (tertiary/aromatic N) is 1. The summed E-state index contributed by atoms with van der Waals surface area (Å²) in [6, 6.07) is 2.00. The normalized spacial score (nSPS) is 12.6. The fourth-order valence-corrected chi connectivity index (χ4v) is 3.72. The number of hydrogen-bond donors (Lipinski definition) is 4. The Morgan fingerprint density at radius 2 is 1.79 bits per heavy atom. The van der Waals surface area contributed by atoms with Crippen LogP contribution in [0.4, 0.5) is 4.79 Å². The molecule has 1 rings (SSSR count). The zero-order chi connectivity index (χ0) is 29.8. The molecule has 0 aromatic heterocycles. The number of esters is 1. The Balaban J connectivity index is 3.49. The highest BCUT2D eigenvalue weighted by molar-refractivity contribution is 5.95. The highest BCUT2D eigenvalue weighted by Crippen LogP contribution is 2.32. The zero-order valence-corrected chi connectivity index (χ0v) is 23.7. The fraction of sp³-hybridized carbons (Fsp3) is 0.593. The number of amides is 4. The van der Waals surface area contributed by atoms with Crippen LogP contribution >= 0.6 is 0 Å². The molecule has 0 spiro atoms. The number of unbranched alkanes of at least 4 members (excludes halogenated alkanes) is 1. The molecule has 0 aliphatic carbocycles. The number of nitrogens with two attached hydrogens (primary N) is 1. The quantitative estimate of drug-likeness (QED) is 0.255. The zero-order valence-electron chi connectivity index (χ0n) is 23.7. The summed E-state index contributed by atoms with van der Waals surface area (Å²) in [5.74, 6) is -2.98. The second kappa shape index (κ2) is 15.6. The van der Waals surface area contributed by atoms with Crippen molar-refractivity contribution >= 4 is 29.8 Å². The van der Waals surface area contributed by atoms with Crippen LogP contribution in [0, 0.1) is 6.92 Å². The van der Waals surface area contributed by atoms with Gasteiger partial charge in [-0.15, -0.1) is 0 Å². The molecule has 0 fully saturated rings. The van der Waals surface area contributed by atoms with Crippen LogP contribution in [-0.2, 0) is 28.7 Å². The van der Waals surface area contributed by atoms with Crippen LogP contribution in [0.25, 0.3) is 0 Å². The SMILES string of the molecule is CCCCN(C(=O)C(CC(N)=O)NC(=O)OC(C)(C)C)C(C(=O)NCCC(=O)OCC)c1cccc(C)c1O. The minimum Gasteiger partial charge on any atom is -0.507 e. The summed E-state index contributed by atoms with van der Waals surface area (Å²) >= 11 is 0. The summed E-state index contributed by atoms with van der Waals surface area (Å²) < 4.78 is 10.1. The number of hydrogen-bond acceptors (Lipinski definition) is 8. The number of para-hydroxylation sites is 1. The van der Waals surface area contributed by atoms with Gasteiger partial charge in [-0.1, -0.05) is 31.5 Å². The van der Waals surface area contributed by atoms with Crippen molar-refractivity contribution in [2.75, 3.05) is 19.7 Å². The minimum absolute atomic E-state index is 0.0595. The molecule has 12 heteroatoms. The first-order valence-electron chi connectivity index (χ1n) is 13.0. The number of phenols is 1. The molecule has 0 radical (unpaired) electrons. The molecule has 12 nitrogen and oxygen atoms in total. The lowest BCUT2D eigenvalue weighted by atomic mass is 9.98. The van der Waals surface area contributed by atoms with Gasteiger partial charge in [0.15, 0.2) is 0 Å². The minimum atomic E-state index is -1.43. The number of benzene rings is 1. The molecule has 0 aliphatic rings. The number of aryl methyl sites for hydroxylation is 1. The van der Waals surface area contributed by atoms with Crippen LogP contribution < -0.4 is 16.4 Å². The molecule has 0 saturated heterocycles. The van der Waals surface area contributed by atoms with Gasteiger partial charge in [0.05, 0.1) is 19.4 Å². The third-order valence-electron chi connectivity index (χ3n) is 5.49. The molecule has 4 amide bonds. The molecule has 0 aliphatic heterocycles. The second-order valence-corrected chi connectivity index (χ2v) is 10.0. The van der Waals surface area contributed by atoms with Crippen molar-refractivity contribution in [1.29, 1.82) is 0 Å². The van der Waals surface area contributed by atoms with E-state index >= 15 is 0 Å².